The fraction of sp³-hybridized carbons (Fsp3) is 0.921. The van der Waals surface area contributed by atoms with Crippen LogP contribution in [0.1, 0.15) is 60.3 Å². The van der Waals surface area contributed by atoms with Crippen LogP contribution in [0.15, 0.2) is 14.3 Å². The van der Waals surface area contributed by atoms with Gasteiger partial charge in [-0.25, -0.2) is 0 Å². The van der Waals surface area contributed by atoms with Gasteiger partial charge in [-0.2, -0.15) is 0 Å². The van der Waals surface area contributed by atoms with Crippen molar-refractivity contribution >= 4 is 58.4 Å². The van der Waals surface area contributed by atoms with Gasteiger partial charge in [0.05, 0.1) is 0 Å². The molecule has 3 rings (SSSR count). The van der Waals surface area contributed by atoms with Crippen LogP contribution in [0.3, 0.4) is 0 Å². The van der Waals surface area contributed by atoms with E-state index in [-0.39, 0.29) is 5.41 Å². The molecule has 1 N–H and O–H groups in total. The van der Waals surface area contributed by atoms with Gasteiger partial charge in [0, 0.05) is 0 Å². The van der Waals surface area contributed by atoms with E-state index >= 15 is 0 Å². The molecule has 0 spiro atoms. The molecule has 56 heavy (non-hydrogen) atoms. The second-order valence-electron chi connectivity index (χ2n) is 19.9. The van der Waals surface area contributed by atoms with Gasteiger partial charge in [0.25, 0.3) is 0 Å². The predicted molar refractivity (Wildman–Crippen MR) is 257 cm³/mol. The fourth-order valence-corrected chi connectivity index (χ4v) is 24.7. The van der Waals surface area contributed by atoms with Gasteiger partial charge < -0.3 is 0 Å². The van der Waals surface area contributed by atoms with E-state index in [1.165, 1.54) is 0 Å². The molecule has 328 valence electrons. The van der Waals surface area contributed by atoms with E-state index < -0.39 is 53.3 Å². The topological polar surface area (TPSA) is 78.3 Å². The molecule has 3 aliphatic heterocycles. The minimum absolute atomic E-state index is 0.00208. The second kappa shape index (κ2) is 17.8. The Morgan fingerprint density at radius 2 is 0.732 bits per heavy atom. The van der Waals surface area contributed by atoms with Gasteiger partial charge in [-0.1, -0.05) is 0 Å². The summed E-state index contributed by atoms with van der Waals surface area (Å²) >= 11 is 9.09. The summed E-state index contributed by atoms with van der Waals surface area (Å²) in [6.07, 6.45) is 6.68. The van der Waals surface area contributed by atoms with Crippen molar-refractivity contribution in [1.29, 1.82) is 0 Å². The number of hydrogen-bond acceptors (Lipinski definition) is 13. The summed E-state index contributed by atoms with van der Waals surface area (Å²) in [6.45, 7) is 6.73. The summed E-state index contributed by atoms with van der Waals surface area (Å²) in [5, 5.41) is 4.24. The number of halogens is 1. The normalized spacial score (nSPS) is 27.8. The molecule has 0 radical (unpaired) electrons. The summed E-state index contributed by atoms with van der Waals surface area (Å²) in [4.78, 5) is 14.1. The minimum atomic E-state index is -4.79. The molecule has 0 aromatic heterocycles. The first kappa shape index (κ1) is 51.0. The Morgan fingerprint density at radius 3 is 0.911 bits per heavy atom. The van der Waals surface area contributed by atoms with E-state index in [1.807, 2.05) is 0 Å². The van der Waals surface area contributed by atoms with E-state index in [0.717, 1.165) is 60.5 Å². The SMILES string of the molecule is CN(C)P1CCC(N(C)C)(N(C)C)C1=NP(Cl)(N=C1P(N(C)C)CCC1(N(C)C)N(C)C)(N=C1P(N(C)C)CCC1(N(C)C)N(C)C)NC(C)(C)CC(C)(C)C. The molecular weight excluding hydrogens is 798 g/mol. The van der Waals surface area contributed by atoms with Gasteiger partial charge in [0.1, 0.15) is 0 Å². The predicted octanol–water partition coefficient (Wildman–Crippen LogP) is 6.90. The number of nitrogens with one attached hydrogen (secondary N) is 1. The first-order valence-corrected chi connectivity index (χ1v) is 27.5. The van der Waals surface area contributed by atoms with Gasteiger partial charge in [-0.15, -0.1) is 0 Å². The van der Waals surface area contributed by atoms with Gasteiger partial charge in [-0.3, -0.25) is 0 Å². The summed E-state index contributed by atoms with van der Waals surface area (Å²) in [5.74, 6) is 0. The quantitative estimate of drug-likeness (QED) is 0.139. The molecule has 18 heteroatoms. The maximum atomic E-state index is 9.09. The standard InChI is InChI=1S/C38H84ClN13P4/c1-34(2,3)30-35(4,5)43-56(39,40-31-36(44(6)7,45(8)9)24-27-53(31)50(18)19,41-32-37(46(10)11,47(12)13)25-28-54(32)51(20)21)42-33-38(48(14)15,49(16)17)26-29-55(33)52(22)23/h43H,24-30H2,1-23H3. The molecule has 3 aliphatic rings. The molecule has 13 nitrogen and oxygen atoms in total. The first-order valence-electron chi connectivity index (χ1n) is 20.0. The Balaban J connectivity index is 2.90. The van der Waals surface area contributed by atoms with E-state index in [4.69, 9.17) is 25.5 Å². The Morgan fingerprint density at radius 1 is 0.500 bits per heavy atom. The molecule has 0 amide bonds. The van der Waals surface area contributed by atoms with Crippen LogP contribution < -0.4 is 5.09 Å². The van der Waals surface area contributed by atoms with Crippen molar-refractivity contribution in [1.82, 2.24) is 48.5 Å². The van der Waals surface area contributed by atoms with Crippen molar-refractivity contribution in [2.45, 2.75) is 82.8 Å². The zero-order valence-electron chi connectivity index (χ0n) is 40.0. The molecule has 0 bridgehead atoms. The van der Waals surface area contributed by atoms with Crippen molar-refractivity contribution in [3.63, 3.8) is 0 Å². The summed E-state index contributed by atoms with van der Waals surface area (Å²) < 4.78 is 26.0. The molecule has 0 aromatic carbocycles. The van der Waals surface area contributed by atoms with Crippen LogP contribution in [0.5, 0.6) is 0 Å². The van der Waals surface area contributed by atoms with Crippen molar-refractivity contribution in [2.24, 2.45) is 19.7 Å². The van der Waals surface area contributed by atoms with Crippen molar-refractivity contribution in [3.05, 3.63) is 0 Å². The molecule has 3 saturated heterocycles. The van der Waals surface area contributed by atoms with Crippen molar-refractivity contribution < 1.29 is 0 Å². The Bertz CT molecular complexity index is 1300. The average molecular weight is 883 g/mol. The van der Waals surface area contributed by atoms with Crippen LogP contribution in [-0.2, 0) is 0 Å². The van der Waals surface area contributed by atoms with Crippen LogP contribution in [0.25, 0.3) is 0 Å². The van der Waals surface area contributed by atoms with Gasteiger partial charge >= 0.3 is 355 Å². The van der Waals surface area contributed by atoms with Crippen LogP contribution in [0.2, 0.25) is 0 Å². The molecule has 3 heterocycles. The molecule has 3 atom stereocenters. The van der Waals surface area contributed by atoms with Crippen LogP contribution in [0, 0.1) is 5.41 Å². The van der Waals surface area contributed by atoms with E-state index in [2.05, 4.69) is 210 Å². The van der Waals surface area contributed by atoms with Crippen molar-refractivity contribution in [3.8, 4) is 0 Å². The van der Waals surface area contributed by atoms with Gasteiger partial charge in [-0.05, 0) is 0 Å². The van der Waals surface area contributed by atoms with Crippen LogP contribution in [0.4, 0.5) is 0 Å². The van der Waals surface area contributed by atoms with E-state index in [1.54, 1.807) is 0 Å². The van der Waals surface area contributed by atoms with E-state index in [0.29, 0.717) is 0 Å². The average Bonchev–Trinajstić information content (AvgIpc) is 3.68. The Labute approximate surface area is 353 Å². The Hall–Kier alpha value is 0.620. The molecular formula is C38H84ClN13P4. The third-order valence-electron chi connectivity index (χ3n) is 12.0. The summed E-state index contributed by atoms with van der Waals surface area (Å²) in [6, 6.07) is 0. The molecule has 0 aliphatic carbocycles. The molecule has 0 aromatic rings. The van der Waals surface area contributed by atoms with Gasteiger partial charge in [0.15, 0.2) is 0 Å². The zero-order chi connectivity index (χ0) is 43.4. The molecule has 3 unspecified atom stereocenters. The monoisotopic (exact) mass is 882 g/mol. The molecule has 3 fully saturated rings. The summed E-state index contributed by atoms with van der Waals surface area (Å²) in [7, 11) is 37.0. The summed E-state index contributed by atoms with van der Waals surface area (Å²) in [5.41, 5.74) is 1.34. The third-order valence-corrected chi connectivity index (χ3v) is 23.7. The third kappa shape index (κ3) is 9.64. The number of rotatable bonds is 15. The van der Waals surface area contributed by atoms with Crippen LogP contribution in [-0.4, -0.2) is 228 Å². The van der Waals surface area contributed by atoms with Crippen molar-refractivity contribution in [2.75, 3.05) is 145 Å². The zero-order valence-corrected chi connectivity index (χ0v) is 44.3. The fourth-order valence-electron chi connectivity index (χ4n) is 9.90. The Kier molecular flexibility index (Phi) is 16.2. The maximum absolute atomic E-state index is 9.09. The van der Waals surface area contributed by atoms with Gasteiger partial charge in [0.2, 0.25) is 0 Å². The number of nitrogens with zero attached hydrogens (tertiary/aromatic N) is 12. The molecule has 0 saturated carbocycles. The first-order chi connectivity index (χ1) is 25.3. The van der Waals surface area contributed by atoms with E-state index in [9.17, 15) is 0 Å². The second-order valence-corrected chi connectivity index (χ2v) is 31.7. The number of hydrogen-bond donors (Lipinski definition) is 1. The van der Waals surface area contributed by atoms with Crippen LogP contribution >= 0.6 is 42.0 Å².